The molecule has 176 valence electrons. The Kier molecular flexibility index (Phi) is 6.49. The molecule has 2 heterocycles. The van der Waals surface area contributed by atoms with Gasteiger partial charge in [-0.3, -0.25) is 9.69 Å². The first-order chi connectivity index (χ1) is 15.9. The molecule has 0 aromatic heterocycles. The van der Waals surface area contributed by atoms with Gasteiger partial charge in [0.25, 0.3) is 0 Å². The number of benzene rings is 2. The second-order valence-corrected chi connectivity index (χ2v) is 8.34. The van der Waals surface area contributed by atoms with Gasteiger partial charge in [0.1, 0.15) is 11.5 Å². The quantitative estimate of drug-likeness (QED) is 0.667. The van der Waals surface area contributed by atoms with E-state index in [1.165, 1.54) is 14.2 Å². The maximum absolute atomic E-state index is 13.3. The number of ketones is 1. The average molecular weight is 455 g/mol. The fourth-order valence-corrected chi connectivity index (χ4v) is 4.34. The molecule has 4 rings (SSSR count). The molecule has 0 bridgehead atoms. The molecule has 0 unspecified atom stereocenters. The number of methoxy groups -OCH3 is 3. The van der Waals surface area contributed by atoms with Crippen LogP contribution in [0.5, 0.6) is 28.7 Å². The Balaban J connectivity index is 1.72. The Bertz CT molecular complexity index is 1100. The lowest BCUT2D eigenvalue weighted by molar-refractivity contribution is 0.101. The summed E-state index contributed by atoms with van der Waals surface area (Å²) in [6.45, 7) is 6.01. The summed E-state index contributed by atoms with van der Waals surface area (Å²) in [6.07, 6.45) is 1.64. The van der Waals surface area contributed by atoms with Crippen molar-refractivity contribution in [2.24, 2.45) is 0 Å². The third-order valence-corrected chi connectivity index (χ3v) is 6.22. The van der Waals surface area contributed by atoms with E-state index in [0.29, 0.717) is 51.8 Å². The van der Waals surface area contributed by atoms with Crippen molar-refractivity contribution in [3.05, 3.63) is 46.2 Å². The van der Waals surface area contributed by atoms with Crippen LogP contribution < -0.4 is 18.9 Å². The molecule has 2 aliphatic rings. The van der Waals surface area contributed by atoms with E-state index < -0.39 is 0 Å². The van der Waals surface area contributed by atoms with Crippen LogP contribution >= 0.6 is 0 Å². The van der Waals surface area contributed by atoms with E-state index in [1.807, 2.05) is 0 Å². The van der Waals surface area contributed by atoms with Crippen molar-refractivity contribution in [2.75, 3.05) is 54.6 Å². The summed E-state index contributed by atoms with van der Waals surface area (Å²) in [6, 6.07) is 5.17. The first kappa shape index (κ1) is 22.9. The molecule has 1 saturated heterocycles. The van der Waals surface area contributed by atoms with E-state index >= 15 is 0 Å². The number of piperazine rings is 1. The van der Waals surface area contributed by atoms with Crippen LogP contribution in [0.25, 0.3) is 6.08 Å². The van der Waals surface area contributed by atoms with Crippen LogP contribution in [-0.2, 0) is 6.54 Å². The number of rotatable bonds is 6. The number of allylic oxidation sites excluding steroid dienone is 1. The molecule has 2 aliphatic heterocycles. The van der Waals surface area contributed by atoms with Crippen LogP contribution in [0, 0.1) is 6.92 Å². The highest BCUT2D eigenvalue weighted by atomic mass is 16.5. The zero-order valence-corrected chi connectivity index (χ0v) is 19.7. The number of phenols is 1. The van der Waals surface area contributed by atoms with Gasteiger partial charge in [-0.1, -0.05) is 0 Å². The highest BCUT2D eigenvalue weighted by Gasteiger charge is 2.34. The number of ether oxygens (including phenoxy) is 4. The smallest absolute Gasteiger partial charge is 0.232 e. The molecular formula is C25H30N2O6. The third kappa shape index (κ3) is 4.24. The number of Topliss-reactive ketones (excluding diaryl/α,β-unsaturated/α-hetero) is 1. The zero-order chi connectivity index (χ0) is 23.7. The summed E-state index contributed by atoms with van der Waals surface area (Å²) in [5.74, 6) is 1.91. The van der Waals surface area contributed by atoms with Crippen molar-refractivity contribution in [1.82, 2.24) is 9.80 Å². The van der Waals surface area contributed by atoms with Crippen molar-refractivity contribution in [1.29, 1.82) is 0 Å². The third-order valence-electron chi connectivity index (χ3n) is 6.22. The average Bonchev–Trinajstić information content (AvgIpc) is 3.13. The molecule has 2 aromatic rings. The predicted octanol–water partition coefficient (Wildman–Crippen LogP) is 3.09. The number of hydrogen-bond donors (Lipinski definition) is 1. The SMILES string of the molecule is COc1ccc(/C=C2\Oc3c(CN4CCN(C)CC4)c(O)cc(C)c3C2=O)c(OC)c1OC. The van der Waals surface area contributed by atoms with Gasteiger partial charge in [0.2, 0.25) is 11.5 Å². The van der Waals surface area contributed by atoms with Gasteiger partial charge in [0, 0.05) is 38.3 Å². The second kappa shape index (κ2) is 9.33. The van der Waals surface area contributed by atoms with E-state index in [9.17, 15) is 9.90 Å². The first-order valence-electron chi connectivity index (χ1n) is 10.9. The maximum atomic E-state index is 13.3. The van der Waals surface area contributed by atoms with Crippen molar-refractivity contribution in [3.8, 4) is 28.7 Å². The Labute approximate surface area is 193 Å². The lowest BCUT2D eigenvalue weighted by atomic mass is 9.99. The van der Waals surface area contributed by atoms with Crippen LogP contribution in [0.2, 0.25) is 0 Å². The number of fused-ring (bicyclic) bond motifs is 1. The number of aryl methyl sites for hydroxylation is 1. The minimum Gasteiger partial charge on any atom is -0.507 e. The Morgan fingerprint density at radius 1 is 1.06 bits per heavy atom. The topological polar surface area (TPSA) is 80.7 Å². The molecule has 1 fully saturated rings. The maximum Gasteiger partial charge on any atom is 0.232 e. The highest BCUT2D eigenvalue weighted by molar-refractivity contribution is 6.16. The highest BCUT2D eigenvalue weighted by Crippen LogP contribution is 2.44. The molecule has 0 aliphatic carbocycles. The second-order valence-electron chi connectivity index (χ2n) is 8.34. The summed E-state index contributed by atoms with van der Waals surface area (Å²) in [5, 5.41) is 10.7. The van der Waals surface area contributed by atoms with Crippen LogP contribution in [0.15, 0.2) is 24.0 Å². The van der Waals surface area contributed by atoms with Gasteiger partial charge in [0.05, 0.1) is 32.5 Å². The Hall–Kier alpha value is -3.23. The lowest BCUT2D eigenvalue weighted by Gasteiger charge is -2.32. The molecular weight excluding hydrogens is 424 g/mol. The van der Waals surface area contributed by atoms with E-state index in [-0.39, 0.29) is 17.3 Å². The van der Waals surface area contributed by atoms with Gasteiger partial charge in [-0.15, -0.1) is 0 Å². The summed E-state index contributed by atoms with van der Waals surface area (Å²) < 4.78 is 22.4. The molecule has 0 spiro atoms. The van der Waals surface area contributed by atoms with Crippen molar-refractivity contribution >= 4 is 11.9 Å². The van der Waals surface area contributed by atoms with Gasteiger partial charge < -0.3 is 29.0 Å². The zero-order valence-electron chi connectivity index (χ0n) is 19.7. The molecule has 1 N–H and O–H groups in total. The van der Waals surface area contributed by atoms with E-state index in [4.69, 9.17) is 18.9 Å². The van der Waals surface area contributed by atoms with Crippen molar-refractivity contribution in [3.63, 3.8) is 0 Å². The van der Waals surface area contributed by atoms with Crippen molar-refractivity contribution in [2.45, 2.75) is 13.5 Å². The number of phenolic OH excluding ortho intramolecular Hbond substituents is 1. The van der Waals surface area contributed by atoms with Crippen molar-refractivity contribution < 1.29 is 28.8 Å². The molecule has 0 saturated carbocycles. The summed E-state index contributed by atoms with van der Waals surface area (Å²) >= 11 is 0. The van der Waals surface area contributed by atoms with Gasteiger partial charge in [0.15, 0.2) is 17.3 Å². The van der Waals surface area contributed by atoms with Crippen LogP contribution in [0.4, 0.5) is 0 Å². The Morgan fingerprint density at radius 3 is 2.39 bits per heavy atom. The number of carbonyl (C=O) groups excluding carboxylic acids is 1. The molecule has 2 aromatic carbocycles. The molecule has 0 atom stereocenters. The van der Waals surface area contributed by atoms with E-state index in [0.717, 1.165) is 26.2 Å². The number of nitrogens with zero attached hydrogens (tertiary/aromatic N) is 2. The molecule has 0 amide bonds. The predicted molar refractivity (Wildman–Crippen MR) is 125 cm³/mol. The van der Waals surface area contributed by atoms with Gasteiger partial charge >= 0.3 is 0 Å². The number of hydrogen-bond acceptors (Lipinski definition) is 8. The largest absolute Gasteiger partial charge is 0.507 e. The first-order valence-corrected chi connectivity index (χ1v) is 10.9. The fourth-order valence-electron chi connectivity index (χ4n) is 4.34. The number of aromatic hydroxyl groups is 1. The summed E-state index contributed by atoms with van der Waals surface area (Å²) in [4.78, 5) is 17.8. The minimum atomic E-state index is -0.223. The molecule has 0 radical (unpaired) electrons. The molecule has 8 heteroatoms. The monoisotopic (exact) mass is 454 g/mol. The number of carbonyl (C=O) groups is 1. The van der Waals surface area contributed by atoms with Gasteiger partial charge in [-0.05, 0) is 43.8 Å². The van der Waals surface area contributed by atoms with Gasteiger partial charge in [-0.25, -0.2) is 0 Å². The molecule has 33 heavy (non-hydrogen) atoms. The van der Waals surface area contributed by atoms with E-state index in [2.05, 4.69) is 16.8 Å². The van der Waals surface area contributed by atoms with Gasteiger partial charge in [-0.2, -0.15) is 0 Å². The van der Waals surface area contributed by atoms with Crippen LogP contribution in [-0.4, -0.2) is 75.2 Å². The van der Waals surface area contributed by atoms with E-state index in [1.54, 1.807) is 38.3 Å². The van der Waals surface area contributed by atoms with Crippen LogP contribution in [0.3, 0.4) is 0 Å². The normalized spacial score (nSPS) is 17.7. The number of likely N-dealkylation sites (N-methyl/N-ethyl adjacent to an activating group) is 1. The molecule has 8 nitrogen and oxygen atoms in total. The van der Waals surface area contributed by atoms with Crippen LogP contribution in [0.1, 0.15) is 27.0 Å². The lowest BCUT2D eigenvalue weighted by Crippen LogP contribution is -2.43. The fraction of sp³-hybridized carbons (Fsp3) is 0.400. The standard InChI is InChI=1S/C25H30N2O6/c1-15-12-18(28)17(14-27-10-8-26(2)9-11-27)24-21(15)22(29)20(33-24)13-16-6-7-19(30-3)25(32-5)23(16)31-4/h6-7,12-13,28H,8-11,14H2,1-5H3/b20-13-. The summed E-state index contributed by atoms with van der Waals surface area (Å²) in [5.41, 5.74) is 2.42. The minimum absolute atomic E-state index is 0.142. The Morgan fingerprint density at radius 2 is 1.76 bits per heavy atom. The summed E-state index contributed by atoms with van der Waals surface area (Å²) in [7, 11) is 6.70.